The summed E-state index contributed by atoms with van der Waals surface area (Å²) >= 11 is 0. The van der Waals surface area contributed by atoms with Crippen molar-refractivity contribution in [3.05, 3.63) is 65.1 Å². The number of pyridine rings is 1. The van der Waals surface area contributed by atoms with Gasteiger partial charge in [-0.3, -0.25) is 9.20 Å². The van der Waals surface area contributed by atoms with Crippen molar-refractivity contribution in [3.63, 3.8) is 0 Å². The lowest BCUT2D eigenvalue weighted by atomic mass is 10.1. The predicted octanol–water partition coefficient (Wildman–Crippen LogP) is 3.11. The van der Waals surface area contributed by atoms with Gasteiger partial charge in [-0.2, -0.15) is 0 Å². The highest BCUT2D eigenvalue weighted by Crippen LogP contribution is 2.22. The molecule has 0 atom stereocenters. The number of aryl methyl sites for hydroxylation is 1. The Balaban J connectivity index is 2.21. The molecule has 2 heterocycles. The zero-order chi connectivity index (χ0) is 15.9. The van der Waals surface area contributed by atoms with Crippen LogP contribution in [0, 0.1) is 11.6 Å². The molecule has 6 heteroatoms. The minimum absolute atomic E-state index is 0.0658. The number of nitrogens with zero attached hydrogens (tertiary/aromatic N) is 2. The van der Waals surface area contributed by atoms with Crippen molar-refractivity contribution in [2.75, 3.05) is 0 Å². The second-order valence-corrected chi connectivity index (χ2v) is 4.83. The number of hydrogen-bond acceptors (Lipinski definition) is 3. The van der Waals surface area contributed by atoms with Crippen LogP contribution in [0.25, 0.3) is 5.65 Å². The second-order valence-electron chi connectivity index (χ2n) is 4.83. The first-order valence-corrected chi connectivity index (χ1v) is 6.71. The third kappa shape index (κ3) is 2.22. The molecule has 4 nitrogen and oxygen atoms in total. The number of phenolic OH excluding ortho intramolecular Hbond substituents is 1. The smallest absolute Gasteiger partial charge is 0.211 e. The Morgan fingerprint density at radius 3 is 2.73 bits per heavy atom. The van der Waals surface area contributed by atoms with Gasteiger partial charge in [0.2, 0.25) is 5.78 Å². The molecule has 0 unspecified atom stereocenters. The van der Waals surface area contributed by atoms with Gasteiger partial charge in [0.05, 0.1) is 5.69 Å². The Bertz CT molecular complexity index is 887. The van der Waals surface area contributed by atoms with E-state index in [1.54, 1.807) is 0 Å². The molecule has 0 fully saturated rings. The van der Waals surface area contributed by atoms with Crippen LogP contribution in [0.5, 0.6) is 5.75 Å². The average molecular weight is 302 g/mol. The van der Waals surface area contributed by atoms with Crippen LogP contribution >= 0.6 is 0 Å². The highest BCUT2D eigenvalue weighted by atomic mass is 19.1. The second kappa shape index (κ2) is 5.22. The molecule has 22 heavy (non-hydrogen) atoms. The highest BCUT2D eigenvalue weighted by Gasteiger charge is 2.21. The molecule has 0 aliphatic heterocycles. The van der Waals surface area contributed by atoms with E-state index in [1.807, 2.05) is 6.92 Å². The number of ketones is 1. The summed E-state index contributed by atoms with van der Waals surface area (Å²) in [5, 5.41) is 9.21. The Hall–Kier alpha value is -2.76. The van der Waals surface area contributed by atoms with E-state index < -0.39 is 23.2 Å². The maximum absolute atomic E-state index is 13.5. The van der Waals surface area contributed by atoms with E-state index in [2.05, 4.69) is 4.98 Å². The summed E-state index contributed by atoms with van der Waals surface area (Å²) in [6.07, 6.45) is 1.65. The fourth-order valence-electron chi connectivity index (χ4n) is 2.34. The van der Waals surface area contributed by atoms with Crippen LogP contribution in [0.1, 0.15) is 28.7 Å². The van der Waals surface area contributed by atoms with Crippen LogP contribution < -0.4 is 0 Å². The van der Waals surface area contributed by atoms with E-state index in [9.17, 15) is 18.7 Å². The van der Waals surface area contributed by atoms with Crippen LogP contribution in [0.15, 0.2) is 36.5 Å². The lowest BCUT2D eigenvalue weighted by Gasteiger charge is -2.05. The first-order valence-electron chi connectivity index (χ1n) is 6.71. The largest absolute Gasteiger partial charge is 0.505 e. The Labute approximate surface area is 124 Å². The minimum atomic E-state index is -0.885. The van der Waals surface area contributed by atoms with Crippen LogP contribution in [0.4, 0.5) is 8.78 Å². The van der Waals surface area contributed by atoms with Crippen molar-refractivity contribution >= 4 is 11.4 Å². The van der Waals surface area contributed by atoms with Crippen molar-refractivity contribution in [2.45, 2.75) is 13.3 Å². The van der Waals surface area contributed by atoms with Crippen molar-refractivity contribution in [1.82, 2.24) is 9.38 Å². The van der Waals surface area contributed by atoms with Gasteiger partial charge in [-0.15, -0.1) is 0 Å². The van der Waals surface area contributed by atoms with Crippen LogP contribution in [-0.2, 0) is 6.42 Å². The van der Waals surface area contributed by atoms with Gasteiger partial charge in [0.25, 0.3) is 0 Å². The summed E-state index contributed by atoms with van der Waals surface area (Å²) in [6.45, 7) is 1.83. The van der Waals surface area contributed by atoms with Gasteiger partial charge in [0.1, 0.15) is 17.2 Å². The first-order chi connectivity index (χ1) is 10.5. The first kappa shape index (κ1) is 14.2. The molecule has 1 aromatic carbocycles. The number of aromatic nitrogens is 2. The summed E-state index contributed by atoms with van der Waals surface area (Å²) in [4.78, 5) is 16.9. The van der Waals surface area contributed by atoms with Crippen molar-refractivity contribution in [3.8, 4) is 5.75 Å². The van der Waals surface area contributed by atoms with Crippen LogP contribution in [0.3, 0.4) is 0 Å². The monoisotopic (exact) mass is 302 g/mol. The SMILES string of the molecule is CCc1nc2ccc(F)cn2c1C(=O)c1ccc(O)c(F)c1. The van der Waals surface area contributed by atoms with Gasteiger partial charge >= 0.3 is 0 Å². The number of aromatic hydroxyl groups is 1. The number of fused-ring (bicyclic) bond motifs is 1. The normalized spacial score (nSPS) is 11.0. The summed E-state index contributed by atoms with van der Waals surface area (Å²) in [5.41, 5.74) is 1.21. The lowest BCUT2D eigenvalue weighted by Crippen LogP contribution is -2.08. The van der Waals surface area contributed by atoms with Gasteiger partial charge < -0.3 is 5.11 Å². The molecule has 1 N–H and O–H groups in total. The van der Waals surface area contributed by atoms with Gasteiger partial charge in [-0.1, -0.05) is 6.92 Å². The number of imidazole rings is 1. The zero-order valence-electron chi connectivity index (χ0n) is 11.7. The molecule has 0 saturated carbocycles. The fraction of sp³-hybridized carbons (Fsp3) is 0.125. The molecule has 2 aromatic heterocycles. The van der Waals surface area contributed by atoms with Crippen molar-refractivity contribution < 1.29 is 18.7 Å². The van der Waals surface area contributed by atoms with E-state index >= 15 is 0 Å². The summed E-state index contributed by atoms with van der Waals surface area (Å²) < 4.78 is 28.3. The third-order valence-corrected chi connectivity index (χ3v) is 3.41. The van der Waals surface area contributed by atoms with Gasteiger partial charge in [0, 0.05) is 11.8 Å². The number of halogens is 2. The van der Waals surface area contributed by atoms with E-state index in [0.29, 0.717) is 17.8 Å². The number of carbonyl (C=O) groups is 1. The number of hydrogen-bond donors (Lipinski definition) is 1. The molecular weight excluding hydrogens is 290 g/mol. The molecule has 0 aliphatic rings. The molecular formula is C16H12F2N2O2. The van der Waals surface area contributed by atoms with E-state index in [0.717, 1.165) is 12.1 Å². The predicted molar refractivity (Wildman–Crippen MR) is 76.0 cm³/mol. The number of rotatable bonds is 3. The summed E-state index contributed by atoms with van der Waals surface area (Å²) in [5.74, 6) is -2.40. The molecule has 0 aliphatic carbocycles. The Kier molecular flexibility index (Phi) is 3.36. The lowest BCUT2D eigenvalue weighted by molar-refractivity contribution is 0.103. The van der Waals surface area contributed by atoms with E-state index in [1.165, 1.54) is 28.8 Å². The fourth-order valence-corrected chi connectivity index (χ4v) is 2.34. The molecule has 0 radical (unpaired) electrons. The topological polar surface area (TPSA) is 54.6 Å². The molecule has 112 valence electrons. The quantitative estimate of drug-likeness (QED) is 0.756. The number of phenols is 1. The Morgan fingerprint density at radius 2 is 2.05 bits per heavy atom. The standard InChI is InChI=1S/C16H12F2N2O2/c1-2-12-15(20-8-10(17)4-6-14(20)19-12)16(22)9-3-5-13(21)11(18)7-9/h3-8,21H,2H2,1H3. The van der Waals surface area contributed by atoms with Crippen molar-refractivity contribution in [1.29, 1.82) is 0 Å². The molecule has 0 bridgehead atoms. The molecule has 3 aromatic rings. The van der Waals surface area contributed by atoms with Crippen molar-refractivity contribution in [2.24, 2.45) is 0 Å². The summed E-state index contributed by atoms with van der Waals surface area (Å²) in [7, 11) is 0. The van der Waals surface area contributed by atoms with Gasteiger partial charge in [0.15, 0.2) is 11.6 Å². The molecule has 3 rings (SSSR count). The van der Waals surface area contributed by atoms with Crippen LogP contribution in [-0.4, -0.2) is 20.3 Å². The maximum atomic E-state index is 13.5. The highest BCUT2D eigenvalue weighted by molar-refractivity contribution is 6.09. The Morgan fingerprint density at radius 1 is 1.27 bits per heavy atom. The third-order valence-electron chi connectivity index (χ3n) is 3.41. The minimum Gasteiger partial charge on any atom is -0.505 e. The average Bonchev–Trinajstić information content (AvgIpc) is 2.87. The molecule has 0 spiro atoms. The number of carbonyl (C=O) groups excluding carboxylic acids is 1. The van der Waals surface area contributed by atoms with E-state index in [-0.39, 0.29) is 11.3 Å². The maximum Gasteiger partial charge on any atom is 0.211 e. The van der Waals surface area contributed by atoms with Gasteiger partial charge in [-0.05, 0) is 36.8 Å². The molecule has 0 amide bonds. The summed E-state index contributed by atoms with van der Waals surface area (Å²) in [6, 6.07) is 6.12. The van der Waals surface area contributed by atoms with E-state index in [4.69, 9.17) is 0 Å². The zero-order valence-corrected chi connectivity index (χ0v) is 11.7. The van der Waals surface area contributed by atoms with Crippen LogP contribution in [0.2, 0.25) is 0 Å². The molecule has 0 saturated heterocycles. The number of benzene rings is 1. The van der Waals surface area contributed by atoms with Gasteiger partial charge in [-0.25, -0.2) is 13.8 Å².